The number of hydrogen-bond donors (Lipinski definition) is 2. The number of hydrogen-bond acceptors (Lipinski definition) is 2. The lowest BCUT2D eigenvalue weighted by Gasteiger charge is -2.05. The van der Waals surface area contributed by atoms with Crippen LogP contribution in [0.4, 0.5) is 14.5 Å². The Hall–Kier alpha value is -1.65. The van der Waals surface area contributed by atoms with Gasteiger partial charge in [-0.3, -0.25) is 4.79 Å². The number of nitrogens with one attached hydrogen (secondary N) is 2. The smallest absolute Gasteiger partial charge is 0.221 e. The molecule has 0 radical (unpaired) electrons. The second kappa shape index (κ2) is 5.29. The molecule has 0 spiro atoms. The Labute approximate surface area is 86.5 Å². The van der Waals surface area contributed by atoms with Crippen molar-refractivity contribution in [2.24, 2.45) is 0 Å². The summed E-state index contributed by atoms with van der Waals surface area (Å²) in [5.74, 6) is -1.89. The fraction of sp³-hybridized carbons (Fsp3) is 0.300. The van der Waals surface area contributed by atoms with Crippen molar-refractivity contribution in [1.29, 1.82) is 0 Å². The Bertz CT molecular complexity index is 355. The second-order valence-corrected chi connectivity index (χ2v) is 2.98. The van der Waals surface area contributed by atoms with Crippen molar-refractivity contribution in [3.05, 3.63) is 29.8 Å². The molecule has 0 saturated heterocycles. The number of amides is 1. The Morgan fingerprint density at radius 1 is 1.33 bits per heavy atom. The van der Waals surface area contributed by atoms with E-state index in [0.717, 1.165) is 12.1 Å². The Balaban J connectivity index is 2.44. The molecule has 5 heteroatoms. The van der Waals surface area contributed by atoms with Crippen molar-refractivity contribution < 1.29 is 13.6 Å². The quantitative estimate of drug-likeness (QED) is 0.797. The SMILES string of the molecule is CNC(=O)CCNc1ccc(F)c(F)c1. The van der Waals surface area contributed by atoms with E-state index in [9.17, 15) is 13.6 Å². The molecular formula is C10H12F2N2O. The predicted octanol–water partition coefficient (Wildman–Crippen LogP) is 1.51. The van der Waals surface area contributed by atoms with Crippen LogP contribution >= 0.6 is 0 Å². The van der Waals surface area contributed by atoms with Crippen LogP contribution in [-0.4, -0.2) is 19.5 Å². The highest BCUT2D eigenvalue weighted by Crippen LogP contribution is 2.12. The largest absolute Gasteiger partial charge is 0.384 e. The lowest BCUT2D eigenvalue weighted by molar-refractivity contribution is -0.120. The molecule has 0 fully saturated rings. The van der Waals surface area contributed by atoms with Crippen molar-refractivity contribution in [2.45, 2.75) is 6.42 Å². The number of halogens is 2. The standard InChI is InChI=1S/C10H12F2N2O/c1-13-10(15)4-5-14-7-2-3-8(11)9(12)6-7/h2-3,6,14H,4-5H2,1H3,(H,13,15). The van der Waals surface area contributed by atoms with Gasteiger partial charge in [-0.1, -0.05) is 0 Å². The van der Waals surface area contributed by atoms with Gasteiger partial charge in [-0.2, -0.15) is 0 Å². The van der Waals surface area contributed by atoms with Crippen molar-refractivity contribution >= 4 is 11.6 Å². The molecular weight excluding hydrogens is 202 g/mol. The van der Waals surface area contributed by atoms with Crippen LogP contribution in [0.3, 0.4) is 0 Å². The van der Waals surface area contributed by atoms with Gasteiger partial charge in [0.15, 0.2) is 11.6 Å². The summed E-state index contributed by atoms with van der Waals surface area (Å²) < 4.78 is 25.3. The summed E-state index contributed by atoms with van der Waals surface area (Å²) in [6.07, 6.45) is 0.287. The highest BCUT2D eigenvalue weighted by molar-refractivity contribution is 5.76. The minimum absolute atomic E-state index is 0.106. The van der Waals surface area contributed by atoms with E-state index >= 15 is 0 Å². The van der Waals surface area contributed by atoms with Gasteiger partial charge in [-0.15, -0.1) is 0 Å². The number of carbonyl (C=O) groups excluding carboxylic acids is 1. The number of benzene rings is 1. The first-order chi connectivity index (χ1) is 7.13. The van der Waals surface area contributed by atoms with Crippen molar-refractivity contribution in [3.8, 4) is 0 Å². The van der Waals surface area contributed by atoms with Crippen molar-refractivity contribution in [1.82, 2.24) is 5.32 Å². The number of anilines is 1. The Morgan fingerprint density at radius 3 is 2.67 bits per heavy atom. The van der Waals surface area contributed by atoms with Crippen LogP contribution in [0.5, 0.6) is 0 Å². The molecule has 0 aliphatic heterocycles. The molecule has 2 N–H and O–H groups in total. The van der Waals surface area contributed by atoms with E-state index in [1.54, 1.807) is 7.05 Å². The van der Waals surface area contributed by atoms with E-state index in [2.05, 4.69) is 10.6 Å². The zero-order valence-corrected chi connectivity index (χ0v) is 8.31. The monoisotopic (exact) mass is 214 g/mol. The zero-order chi connectivity index (χ0) is 11.3. The average Bonchev–Trinajstić information content (AvgIpc) is 2.23. The van der Waals surface area contributed by atoms with E-state index in [1.807, 2.05) is 0 Å². The molecule has 1 amide bonds. The average molecular weight is 214 g/mol. The molecule has 82 valence electrons. The van der Waals surface area contributed by atoms with E-state index in [0.29, 0.717) is 12.2 Å². The molecule has 3 nitrogen and oxygen atoms in total. The van der Waals surface area contributed by atoms with Crippen molar-refractivity contribution in [3.63, 3.8) is 0 Å². The van der Waals surface area contributed by atoms with Crippen LogP contribution in [0, 0.1) is 11.6 Å². The highest BCUT2D eigenvalue weighted by atomic mass is 19.2. The van der Waals surface area contributed by atoms with Crippen LogP contribution < -0.4 is 10.6 Å². The molecule has 0 aliphatic rings. The lowest BCUT2D eigenvalue weighted by Crippen LogP contribution is -2.20. The molecule has 0 atom stereocenters. The van der Waals surface area contributed by atoms with Crippen LogP contribution in [0.25, 0.3) is 0 Å². The number of carbonyl (C=O) groups is 1. The summed E-state index contributed by atoms with van der Waals surface area (Å²) >= 11 is 0. The van der Waals surface area contributed by atoms with Gasteiger partial charge in [-0.25, -0.2) is 8.78 Å². The molecule has 0 unspecified atom stereocenters. The van der Waals surface area contributed by atoms with Crippen LogP contribution in [0.1, 0.15) is 6.42 Å². The first kappa shape index (κ1) is 11.4. The second-order valence-electron chi connectivity index (χ2n) is 2.98. The maximum atomic E-state index is 12.7. The first-order valence-electron chi connectivity index (χ1n) is 4.53. The van der Waals surface area contributed by atoms with Gasteiger partial charge in [0.25, 0.3) is 0 Å². The molecule has 0 aliphatic carbocycles. The summed E-state index contributed by atoms with van der Waals surface area (Å²) in [6.45, 7) is 0.380. The maximum Gasteiger partial charge on any atom is 0.221 e. The van der Waals surface area contributed by atoms with E-state index in [4.69, 9.17) is 0 Å². The molecule has 1 aromatic rings. The minimum atomic E-state index is -0.903. The zero-order valence-electron chi connectivity index (χ0n) is 8.31. The van der Waals surface area contributed by atoms with Crippen molar-refractivity contribution in [2.75, 3.05) is 18.9 Å². The highest BCUT2D eigenvalue weighted by Gasteiger charge is 2.02. The van der Waals surface area contributed by atoms with Gasteiger partial charge in [0, 0.05) is 25.7 Å². The van der Waals surface area contributed by atoms with Gasteiger partial charge >= 0.3 is 0 Å². The van der Waals surface area contributed by atoms with Gasteiger partial charge in [0.1, 0.15) is 0 Å². The fourth-order valence-electron chi connectivity index (χ4n) is 1.05. The molecule has 15 heavy (non-hydrogen) atoms. The molecule has 0 aromatic heterocycles. The molecule has 0 bridgehead atoms. The Kier molecular flexibility index (Phi) is 4.03. The lowest BCUT2D eigenvalue weighted by atomic mass is 10.3. The third kappa shape index (κ3) is 3.53. The van der Waals surface area contributed by atoms with E-state index in [-0.39, 0.29) is 12.3 Å². The summed E-state index contributed by atoms with van der Waals surface area (Å²) in [6, 6.07) is 3.51. The van der Waals surface area contributed by atoms with Gasteiger partial charge in [0.2, 0.25) is 5.91 Å². The third-order valence-electron chi connectivity index (χ3n) is 1.88. The molecule has 0 saturated carbocycles. The predicted molar refractivity (Wildman–Crippen MR) is 53.5 cm³/mol. The van der Waals surface area contributed by atoms with Gasteiger partial charge < -0.3 is 10.6 Å². The van der Waals surface area contributed by atoms with E-state index in [1.165, 1.54) is 6.07 Å². The van der Waals surface area contributed by atoms with Crippen LogP contribution in [0.15, 0.2) is 18.2 Å². The van der Waals surface area contributed by atoms with E-state index < -0.39 is 11.6 Å². The first-order valence-corrected chi connectivity index (χ1v) is 4.53. The number of rotatable bonds is 4. The molecule has 1 aromatic carbocycles. The minimum Gasteiger partial charge on any atom is -0.384 e. The third-order valence-corrected chi connectivity index (χ3v) is 1.88. The topological polar surface area (TPSA) is 41.1 Å². The summed E-state index contributed by atoms with van der Waals surface area (Å²) in [7, 11) is 1.54. The fourth-order valence-corrected chi connectivity index (χ4v) is 1.05. The van der Waals surface area contributed by atoms with Crippen LogP contribution in [-0.2, 0) is 4.79 Å². The van der Waals surface area contributed by atoms with Gasteiger partial charge in [0.05, 0.1) is 0 Å². The maximum absolute atomic E-state index is 12.7. The summed E-state index contributed by atoms with van der Waals surface area (Å²) in [5, 5.41) is 5.27. The summed E-state index contributed by atoms with van der Waals surface area (Å²) in [5.41, 5.74) is 0.456. The Morgan fingerprint density at radius 2 is 2.07 bits per heavy atom. The molecule has 0 heterocycles. The summed E-state index contributed by atoms with van der Waals surface area (Å²) in [4.78, 5) is 10.8. The van der Waals surface area contributed by atoms with Gasteiger partial charge in [-0.05, 0) is 18.2 Å². The van der Waals surface area contributed by atoms with Crippen LogP contribution in [0.2, 0.25) is 0 Å². The molecule has 1 rings (SSSR count). The normalized spacial score (nSPS) is 9.80.